The molecule has 0 bridgehead atoms. The molecule has 0 spiro atoms. The number of carbonyl (C=O) groups excluding carboxylic acids is 1. The summed E-state index contributed by atoms with van der Waals surface area (Å²) in [5.41, 5.74) is 0.731. The highest BCUT2D eigenvalue weighted by atomic mass is 16.5. The number of piperidine rings is 1. The summed E-state index contributed by atoms with van der Waals surface area (Å²) in [6.45, 7) is 5.14. The zero-order valence-electron chi connectivity index (χ0n) is 14.9. The lowest BCUT2D eigenvalue weighted by molar-refractivity contribution is 0.00891. The Balaban J connectivity index is 1.26. The molecule has 1 aromatic carbocycles. The summed E-state index contributed by atoms with van der Waals surface area (Å²) in [7, 11) is 0. The molecule has 136 valence electrons. The van der Waals surface area contributed by atoms with Crippen LogP contribution in [0.2, 0.25) is 0 Å². The number of hydrogen-bond acceptors (Lipinski definition) is 4. The minimum absolute atomic E-state index is 0.0867. The van der Waals surface area contributed by atoms with Gasteiger partial charge in [0.15, 0.2) is 0 Å². The fraction of sp³-hybridized carbons (Fsp3) is 0.650. The lowest BCUT2D eigenvalue weighted by atomic mass is 9.86. The van der Waals surface area contributed by atoms with Crippen LogP contribution in [0.15, 0.2) is 24.3 Å². The Hall–Kier alpha value is -1.59. The van der Waals surface area contributed by atoms with Gasteiger partial charge in [-0.25, -0.2) is 0 Å². The van der Waals surface area contributed by atoms with Gasteiger partial charge in [0.2, 0.25) is 0 Å². The van der Waals surface area contributed by atoms with E-state index >= 15 is 0 Å². The van der Waals surface area contributed by atoms with Crippen molar-refractivity contribution in [1.29, 1.82) is 0 Å². The van der Waals surface area contributed by atoms with Gasteiger partial charge in [-0.05, 0) is 50.2 Å². The molecular formula is C20H28N2O3. The SMILES string of the molecule is O=C(c1ccc(O[C@H]2C[C@H](N3CCCCC3)C2)cc1)N1CCOCC1. The van der Waals surface area contributed by atoms with Crippen LogP contribution in [0.5, 0.6) is 5.75 Å². The quantitative estimate of drug-likeness (QED) is 0.842. The van der Waals surface area contributed by atoms with Crippen LogP contribution in [0.1, 0.15) is 42.5 Å². The van der Waals surface area contributed by atoms with Crippen LogP contribution >= 0.6 is 0 Å². The third-order valence-electron chi connectivity index (χ3n) is 5.68. The van der Waals surface area contributed by atoms with E-state index in [1.807, 2.05) is 29.2 Å². The topological polar surface area (TPSA) is 42.0 Å². The molecule has 2 aliphatic heterocycles. The monoisotopic (exact) mass is 344 g/mol. The van der Waals surface area contributed by atoms with Gasteiger partial charge in [0, 0.05) is 37.5 Å². The molecular weight excluding hydrogens is 316 g/mol. The zero-order valence-corrected chi connectivity index (χ0v) is 14.9. The van der Waals surface area contributed by atoms with E-state index in [-0.39, 0.29) is 5.91 Å². The Labute approximate surface area is 149 Å². The molecule has 25 heavy (non-hydrogen) atoms. The normalized spacial score (nSPS) is 27.6. The molecule has 0 radical (unpaired) electrons. The Morgan fingerprint density at radius 3 is 2.32 bits per heavy atom. The van der Waals surface area contributed by atoms with Gasteiger partial charge in [-0.3, -0.25) is 4.79 Å². The van der Waals surface area contributed by atoms with Crippen LogP contribution in [0, 0.1) is 0 Å². The van der Waals surface area contributed by atoms with Crippen LogP contribution < -0.4 is 4.74 Å². The number of ether oxygens (including phenoxy) is 2. The van der Waals surface area contributed by atoms with Gasteiger partial charge >= 0.3 is 0 Å². The van der Waals surface area contributed by atoms with Crippen molar-refractivity contribution < 1.29 is 14.3 Å². The number of carbonyl (C=O) groups is 1. The van der Waals surface area contributed by atoms with Crippen LogP contribution in [0.3, 0.4) is 0 Å². The van der Waals surface area contributed by atoms with Gasteiger partial charge in [-0.15, -0.1) is 0 Å². The number of hydrogen-bond donors (Lipinski definition) is 0. The zero-order chi connectivity index (χ0) is 17.1. The van der Waals surface area contributed by atoms with E-state index in [2.05, 4.69) is 4.90 Å². The van der Waals surface area contributed by atoms with Crippen molar-refractivity contribution in [2.24, 2.45) is 0 Å². The Bertz CT molecular complexity index is 571. The highest BCUT2D eigenvalue weighted by molar-refractivity contribution is 5.94. The molecule has 0 unspecified atom stereocenters. The van der Waals surface area contributed by atoms with E-state index in [9.17, 15) is 4.79 Å². The van der Waals surface area contributed by atoms with Crippen LogP contribution in [-0.2, 0) is 4.74 Å². The number of rotatable bonds is 4. The van der Waals surface area contributed by atoms with Crippen LogP contribution in [0.25, 0.3) is 0 Å². The molecule has 0 N–H and O–H groups in total. The highest BCUT2D eigenvalue weighted by Crippen LogP contribution is 2.31. The molecule has 0 atom stereocenters. The first-order valence-electron chi connectivity index (χ1n) is 9.67. The third kappa shape index (κ3) is 3.98. The smallest absolute Gasteiger partial charge is 0.254 e. The number of benzene rings is 1. The third-order valence-corrected chi connectivity index (χ3v) is 5.68. The van der Waals surface area contributed by atoms with E-state index in [1.165, 1.54) is 32.4 Å². The first-order chi connectivity index (χ1) is 12.3. The first kappa shape index (κ1) is 16.9. The molecule has 1 amide bonds. The summed E-state index contributed by atoms with van der Waals surface area (Å²) >= 11 is 0. The van der Waals surface area contributed by atoms with Crippen molar-refractivity contribution in [3.63, 3.8) is 0 Å². The second kappa shape index (κ2) is 7.75. The minimum Gasteiger partial charge on any atom is -0.490 e. The molecule has 1 saturated carbocycles. The Kier molecular flexibility index (Phi) is 5.22. The van der Waals surface area contributed by atoms with Crippen LogP contribution in [-0.4, -0.2) is 67.2 Å². The number of morpholine rings is 1. The molecule has 2 saturated heterocycles. The van der Waals surface area contributed by atoms with Crippen molar-refractivity contribution in [1.82, 2.24) is 9.80 Å². The van der Waals surface area contributed by atoms with E-state index in [0.717, 1.165) is 24.2 Å². The molecule has 5 heteroatoms. The highest BCUT2D eigenvalue weighted by Gasteiger charge is 2.35. The van der Waals surface area contributed by atoms with Crippen molar-refractivity contribution in [2.45, 2.75) is 44.2 Å². The van der Waals surface area contributed by atoms with E-state index < -0.39 is 0 Å². The maximum Gasteiger partial charge on any atom is 0.254 e. The standard InChI is InChI=1S/C20H28N2O3/c23-20(22-10-12-24-13-11-22)16-4-6-18(7-5-16)25-19-14-17(15-19)21-8-2-1-3-9-21/h4-7,17,19H,1-3,8-15H2/t17-,19-. The van der Waals surface area contributed by atoms with Gasteiger partial charge < -0.3 is 19.3 Å². The molecule has 2 heterocycles. The summed E-state index contributed by atoms with van der Waals surface area (Å²) in [5.74, 6) is 0.962. The molecule has 1 aromatic rings. The lowest BCUT2D eigenvalue weighted by Gasteiger charge is -2.44. The average molecular weight is 344 g/mol. The summed E-state index contributed by atoms with van der Waals surface area (Å²) in [6.07, 6.45) is 6.68. The van der Waals surface area contributed by atoms with Gasteiger partial charge in [-0.2, -0.15) is 0 Å². The van der Waals surface area contributed by atoms with Gasteiger partial charge in [0.05, 0.1) is 13.2 Å². The Morgan fingerprint density at radius 1 is 0.960 bits per heavy atom. The van der Waals surface area contributed by atoms with Gasteiger partial charge in [-0.1, -0.05) is 6.42 Å². The van der Waals surface area contributed by atoms with Crippen molar-refractivity contribution >= 4 is 5.91 Å². The molecule has 0 aromatic heterocycles. The van der Waals surface area contributed by atoms with Gasteiger partial charge in [0.25, 0.3) is 5.91 Å². The second-order valence-electron chi connectivity index (χ2n) is 7.39. The molecule has 3 aliphatic rings. The second-order valence-corrected chi connectivity index (χ2v) is 7.39. The van der Waals surface area contributed by atoms with E-state index in [1.54, 1.807) is 0 Å². The minimum atomic E-state index is 0.0867. The maximum absolute atomic E-state index is 12.4. The van der Waals surface area contributed by atoms with Crippen LogP contribution in [0.4, 0.5) is 0 Å². The summed E-state index contributed by atoms with van der Waals surface area (Å²) in [4.78, 5) is 16.9. The van der Waals surface area contributed by atoms with E-state index in [4.69, 9.17) is 9.47 Å². The van der Waals surface area contributed by atoms with Crippen molar-refractivity contribution in [3.05, 3.63) is 29.8 Å². The predicted octanol–water partition coefficient (Wildman–Crippen LogP) is 2.55. The number of nitrogens with zero attached hydrogens (tertiary/aromatic N) is 2. The molecule has 1 aliphatic carbocycles. The maximum atomic E-state index is 12.4. The average Bonchev–Trinajstić information content (AvgIpc) is 2.66. The van der Waals surface area contributed by atoms with Gasteiger partial charge in [0.1, 0.15) is 11.9 Å². The molecule has 5 nitrogen and oxygen atoms in total. The van der Waals surface area contributed by atoms with Crippen molar-refractivity contribution in [2.75, 3.05) is 39.4 Å². The summed E-state index contributed by atoms with van der Waals surface area (Å²) in [6, 6.07) is 8.35. The Morgan fingerprint density at radius 2 is 1.64 bits per heavy atom. The first-order valence-corrected chi connectivity index (χ1v) is 9.67. The largest absolute Gasteiger partial charge is 0.490 e. The number of amides is 1. The van der Waals surface area contributed by atoms with E-state index in [0.29, 0.717) is 38.4 Å². The fourth-order valence-electron chi connectivity index (χ4n) is 4.03. The lowest BCUT2D eigenvalue weighted by Crippen LogP contribution is -2.50. The summed E-state index contributed by atoms with van der Waals surface area (Å²) < 4.78 is 11.4. The summed E-state index contributed by atoms with van der Waals surface area (Å²) in [5, 5.41) is 0. The molecule has 4 rings (SSSR count). The molecule has 3 fully saturated rings. The fourth-order valence-corrected chi connectivity index (χ4v) is 4.03. The van der Waals surface area contributed by atoms with Crippen molar-refractivity contribution in [3.8, 4) is 5.75 Å². The predicted molar refractivity (Wildman–Crippen MR) is 96.0 cm³/mol. The number of likely N-dealkylation sites (tertiary alicyclic amines) is 1.